The summed E-state index contributed by atoms with van der Waals surface area (Å²) in [7, 11) is 0. The Kier molecular flexibility index (Phi) is 3.61. The zero-order valence-corrected chi connectivity index (χ0v) is 8.86. The van der Waals surface area contributed by atoms with E-state index in [1.807, 2.05) is 13.8 Å². The topological polar surface area (TPSA) is 54.4 Å². The lowest BCUT2D eigenvalue weighted by Crippen LogP contribution is -2.04. The van der Waals surface area contributed by atoms with Gasteiger partial charge in [0.1, 0.15) is 6.29 Å². The highest BCUT2D eigenvalue weighted by molar-refractivity contribution is 5.87. The summed E-state index contributed by atoms with van der Waals surface area (Å²) in [6.07, 6.45) is 1.57. The third-order valence-electron chi connectivity index (χ3n) is 2.36. The highest BCUT2D eigenvalue weighted by Crippen LogP contribution is 2.14. The van der Waals surface area contributed by atoms with Crippen LogP contribution < -0.4 is 0 Å². The van der Waals surface area contributed by atoms with E-state index < -0.39 is 5.97 Å². The summed E-state index contributed by atoms with van der Waals surface area (Å²) < 4.78 is 0. The standard InChI is InChI=1S/C12H14O3/c1-8(7-13)5-10-3-4-11(12(14)15)6-9(10)2/h3-4,6-8H,5H2,1-2H3,(H,14,15). The average Bonchev–Trinajstić information content (AvgIpc) is 2.20. The Bertz CT molecular complexity index is 382. The predicted molar refractivity (Wildman–Crippen MR) is 57.1 cm³/mol. The number of carboxylic acids is 1. The van der Waals surface area contributed by atoms with Gasteiger partial charge in [0.15, 0.2) is 0 Å². The summed E-state index contributed by atoms with van der Waals surface area (Å²) in [4.78, 5) is 21.2. The number of aryl methyl sites for hydroxylation is 1. The van der Waals surface area contributed by atoms with Crippen molar-refractivity contribution in [1.29, 1.82) is 0 Å². The van der Waals surface area contributed by atoms with E-state index in [1.165, 1.54) is 0 Å². The minimum atomic E-state index is -0.923. The van der Waals surface area contributed by atoms with Crippen LogP contribution in [0.2, 0.25) is 0 Å². The number of aldehydes is 1. The molecule has 80 valence electrons. The molecule has 1 N–H and O–H groups in total. The van der Waals surface area contributed by atoms with E-state index in [2.05, 4.69) is 0 Å². The van der Waals surface area contributed by atoms with Gasteiger partial charge in [-0.2, -0.15) is 0 Å². The molecule has 0 bridgehead atoms. The third kappa shape index (κ3) is 2.91. The summed E-state index contributed by atoms with van der Waals surface area (Å²) in [5.74, 6) is -0.951. The Balaban J connectivity index is 2.93. The van der Waals surface area contributed by atoms with Crippen LogP contribution >= 0.6 is 0 Å². The molecule has 1 aromatic carbocycles. The van der Waals surface area contributed by atoms with Crippen molar-refractivity contribution in [3.63, 3.8) is 0 Å². The lowest BCUT2D eigenvalue weighted by Gasteiger charge is -2.08. The molecule has 0 amide bonds. The second-order valence-electron chi connectivity index (χ2n) is 3.76. The molecule has 1 unspecified atom stereocenters. The molecule has 1 rings (SSSR count). The van der Waals surface area contributed by atoms with E-state index >= 15 is 0 Å². The van der Waals surface area contributed by atoms with Gasteiger partial charge in [0.25, 0.3) is 0 Å². The molecule has 3 nitrogen and oxygen atoms in total. The van der Waals surface area contributed by atoms with Crippen LogP contribution in [0.5, 0.6) is 0 Å². The Hall–Kier alpha value is -1.64. The van der Waals surface area contributed by atoms with Crippen molar-refractivity contribution in [3.05, 3.63) is 34.9 Å². The van der Waals surface area contributed by atoms with Crippen LogP contribution in [0.1, 0.15) is 28.4 Å². The minimum absolute atomic E-state index is 0.0284. The van der Waals surface area contributed by atoms with Crippen molar-refractivity contribution in [2.24, 2.45) is 5.92 Å². The van der Waals surface area contributed by atoms with Gasteiger partial charge in [-0.15, -0.1) is 0 Å². The molecule has 0 spiro atoms. The van der Waals surface area contributed by atoms with Crippen molar-refractivity contribution in [1.82, 2.24) is 0 Å². The Morgan fingerprint density at radius 1 is 1.53 bits per heavy atom. The molecule has 0 saturated heterocycles. The number of hydrogen-bond donors (Lipinski definition) is 1. The first-order valence-corrected chi connectivity index (χ1v) is 4.82. The smallest absolute Gasteiger partial charge is 0.335 e. The number of carbonyl (C=O) groups excluding carboxylic acids is 1. The monoisotopic (exact) mass is 206 g/mol. The number of rotatable bonds is 4. The fraction of sp³-hybridized carbons (Fsp3) is 0.333. The van der Waals surface area contributed by atoms with Crippen molar-refractivity contribution in [3.8, 4) is 0 Å². The maximum Gasteiger partial charge on any atom is 0.335 e. The van der Waals surface area contributed by atoms with E-state index in [0.717, 1.165) is 17.4 Å². The van der Waals surface area contributed by atoms with Crippen molar-refractivity contribution < 1.29 is 14.7 Å². The molecule has 1 aromatic rings. The number of carbonyl (C=O) groups is 2. The fourth-order valence-electron chi connectivity index (χ4n) is 1.45. The van der Waals surface area contributed by atoms with Crippen molar-refractivity contribution >= 4 is 12.3 Å². The summed E-state index contributed by atoms with van der Waals surface area (Å²) in [5, 5.41) is 8.77. The maximum absolute atomic E-state index is 10.7. The molecule has 0 saturated carbocycles. The molecule has 0 aliphatic carbocycles. The van der Waals surface area contributed by atoms with Crippen LogP contribution in [0.4, 0.5) is 0 Å². The van der Waals surface area contributed by atoms with Crippen LogP contribution in [0.15, 0.2) is 18.2 Å². The van der Waals surface area contributed by atoms with E-state index in [9.17, 15) is 9.59 Å². The van der Waals surface area contributed by atoms with Gasteiger partial charge >= 0.3 is 5.97 Å². The summed E-state index contributed by atoms with van der Waals surface area (Å²) in [6.45, 7) is 3.71. The summed E-state index contributed by atoms with van der Waals surface area (Å²) in [5.41, 5.74) is 2.23. The lowest BCUT2D eigenvalue weighted by molar-refractivity contribution is -0.110. The molecular weight excluding hydrogens is 192 g/mol. The van der Waals surface area contributed by atoms with E-state index in [4.69, 9.17) is 5.11 Å². The number of hydrogen-bond acceptors (Lipinski definition) is 2. The van der Waals surface area contributed by atoms with Gasteiger partial charge in [-0.1, -0.05) is 13.0 Å². The lowest BCUT2D eigenvalue weighted by atomic mass is 9.97. The van der Waals surface area contributed by atoms with Crippen LogP contribution in [0.25, 0.3) is 0 Å². The summed E-state index contributed by atoms with van der Waals surface area (Å²) >= 11 is 0. The number of carboxylic acid groups (broad SMARTS) is 1. The molecule has 0 aliphatic heterocycles. The highest BCUT2D eigenvalue weighted by atomic mass is 16.4. The van der Waals surface area contributed by atoms with Gasteiger partial charge < -0.3 is 9.90 Å². The van der Waals surface area contributed by atoms with E-state index in [0.29, 0.717) is 6.42 Å². The molecule has 0 aliphatic rings. The van der Waals surface area contributed by atoms with Crippen molar-refractivity contribution in [2.45, 2.75) is 20.3 Å². The molecule has 0 radical (unpaired) electrons. The van der Waals surface area contributed by atoms with Gasteiger partial charge in [0, 0.05) is 5.92 Å². The van der Waals surface area contributed by atoms with E-state index in [-0.39, 0.29) is 11.5 Å². The zero-order valence-electron chi connectivity index (χ0n) is 8.86. The van der Waals surface area contributed by atoms with E-state index in [1.54, 1.807) is 18.2 Å². The van der Waals surface area contributed by atoms with Crippen LogP contribution in [-0.4, -0.2) is 17.4 Å². The molecule has 0 heterocycles. The molecule has 0 fully saturated rings. The van der Waals surface area contributed by atoms with Crippen molar-refractivity contribution in [2.75, 3.05) is 0 Å². The SMILES string of the molecule is Cc1cc(C(=O)O)ccc1CC(C)C=O. The van der Waals surface area contributed by atoms with Gasteiger partial charge in [-0.3, -0.25) is 0 Å². The average molecular weight is 206 g/mol. The van der Waals surface area contributed by atoms with Crippen LogP contribution in [-0.2, 0) is 11.2 Å². The normalized spacial score (nSPS) is 12.1. The molecule has 0 aromatic heterocycles. The minimum Gasteiger partial charge on any atom is -0.478 e. The third-order valence-corrected chi connectivity index (χ3v) is 2.36. The molecule has 1 atom stereocenters. The Morgan fingerprint density at radius 2 is 2.20 bits per heavy atom. The first kappa shape index (κ1) is 11.4. The largest absolute Gasteiger partial charge is 0.478 e. The highest BCUT2D eigenvalue weighted by Gasteiger charge is 2.08. The first-order chi connectivity index (χ1) is 7.04. The van der Waals surface area contributed by atoms with Crippen LogP contribution in [0, 0.1) is 12.8 Å². The molecule has 15 heavy (non-hydrogen) atoms. The van der Waals surface area contributed by atoms with Crippen LogP contribution in [0.3, 0.4) is 0 Å². The van der Waals surface area contributed by atoms with Gasteiger partial charge in [-0.25, -0.2) is 4.79 Å². The maximum atomic E-state index is 10.7. The van der Waals surface area contributed by atoms with Gasteiger partial charge in [-0.05, 0) is 36.6 Å². The second-order valence-corrected chi connectivity index (χ2v) is 3.76. The molecular formula is C12H14O3. The quantitative estimate of drug-likeness (QED) is 0.767. The van der Waals surface area contributed by atoms with Gasteiger partial charge in [0.2, 0.25) is 0 Å². The Labute approximate surface area is 88.7 Å². The number of benzene rings is 1. The zero-order chi connectivity index (χ0) is 11.4. The summed E-state index contributed by atoms with van der Waals surface area (Å²) in [6, 6.07) is 4.98. The van der Waals surface area contributed by atoms with Gasteiger partial charge in [0.05, 0.1) is 5.56 Å². The first-order valence-electron chi connectivity index (χ1n) is 4.82. The molecule has 3 heteroatoms. The Morgan fingerprint density at radius 3 is 2.67 bits per heavy atom. The second kappa shape index (κ2) is 4.73. The number of aromatic carboxylic acids is 1. The fourth-order valence-corrected chi connectivity index (χ4v) is 1.45. The predicted octanol–water partition coefficient (Wildman–Crippen LogP) is 2.07.